The number of rotatable bonds is 4. The molecule has 0 spiro atoms. The molecule has 2 nitrogen and oxygen atoms in total. The minimum Gasteiger partial charge on any atom is -0.508 e. The molecule has 1 rings (SSSR count). The molecule has 0 radical (unpaired) electrons. The lowest BCUT2D eigenvalue weighted by Crippen LogP contribution is -1.87. The van der Waals surface area contributed by atoms with E-state index >= 15 is 0 Å². The predicted octanol–water partition coefficient (Wildman–Crippen LogP) is 1.61. The highest BCUT2D eigenvalue weighted by molar-refractivity contribution is 5.37. The average Bonchev–Trinajstić information content (AvgIpc) is 2.12. The number of phenolic OH excluding ortho intramolecular Hbond substituents is 1. The fourth-order valence-corrected chi connectivity index (χ4v) is 1.05. The lowest BCUT2D eigenvalue weighted by Gasteiger charge is -2.03. The average molecular weight is 166 g/mol. The molecule has 12 heavy (non-hydrogen) atoms. The normalized spacial score (nSPS) is 10.8. The Labute approximate surface area is 73.3 Å². The Morgan fingerprint density at radius 3 is 3.08 bits per heavy atom. The maximum atomic E-state index is 9.40. The zero-order chi connectivity index (χ0) is 9.68. The zero-order valence-corrected chi connectivity index (χ0v) is 6.79. The van der Waals surface area contributed by atoms with Gasteiger partial charge in [0.25, 0.3) is 0 Å². The van der Waals surface area contributed by atoms with Crippen molar-refractivity contribution in [3.8, 4) is 5.75 Å². The number of aromatic hydroxyl groups is 1. The first-order valence-electron chi connectivity index (χ1n) is 4.18. The number of hydrogen-bond acceptors (Lipinski definition) is 2. The summed E-state index contributed by atoms with van der Waals surface area (Å²) in [5.74, 6) is 0.258. The molecular formula is C10H12O2. The predicted molar refractivity (Wildman–Crippen MR) is 47.9 cm³/mol. The van der Waals surface area contributed by atoms with Crippen LogP contribution in [-0.2, 0) is 13.0 Å². The van der Waals surface area contributed by atoms with E-state index in [1.807, 2.05) is 6.07 Å². The Bertz CT molecular complexity index is 297. The van der Waals surface area contributed by atoms with Gasteiger partial charge >= 0.3 is 0 Å². The van der Waals surface area contributed by atoms with Crippen molar-refractivity contribution >= 4 is 0 Å². The Morgan fingerprint density at radius 1 is 1.58 bits per heavy atom. The van der Waals surface area contributed by atoms with E-state index in [1.165, 1.54) is 0 Å². The standard InChI is InChI=1S/C10H12O2/c1-2-3-9-6-8(7-11)4-5-10(9)12/h2,4-6,11-12H,1,3,7H2/i11T. The van der Waals surface area contributed by atoms with Crippen molar-refractivity contribution in [1.29, 1.82) is 1.43 Å². The molecule has 0 saturated carbocycles. The van der Waals surface area contributed by atoms with Gasteiger partial charge in [0, 0.05) is 0 Å². The quantitative estimate of drug-likeness (QED) is 0.667. The molecule has 2 heteroatoms. The van der Waals surface area contributed by atoms with E-state index in [0.717, 1.165) is 11.1 Å². The summed E-state index contributed by atoms with van der Waals surface area (Å²) in [4.78, 5) is 0. The molecule has 0 heterocycles. The van der Waals surface area contributed by atoms with Crippen LogP contribution in [0.1, 0.15) is 11.1 Å². The van der Waals surface area contributed by atoms with Crippen molar-refractivity contribution in [2.24, 2.45) is 0 Å². The molecule has 0 aliphatic carbocycles. The molecule has 1 aromatic rings. The highest BCUT2D eigenvalue weighted by atomic mass is 16.3. The van der Waals surface area contributed by atoms with E-state index in [-0.39, 0.29) is 12.4 Å². The number of hydrogen-bond donors (Lipinski definition) is 2. The summed E-state index contributed by atoms with van der Waals surface area (Å²) in [6.45, 7) is 3.83. The summed E-state index contributed by atoms with van der Waals surface area (Å²) >= 11 is 0. The van der Waals surface area contributed by atoms with Gasteiger partial charge in [-0.05, 0) is 29.7 Å². The van der Waals surface area contributed by atoms with E-state index in [1.54, 1.807) is 18.2 Å². The smallest absolute Gasteiger partial charge is 0.211 e. The third kappa shape index (κ3) is 1.86. The van der Waals surface area contributed by atoms with Gasteiger partial charge in [-0.25, -0.2) is 0 Å². The summed E-state index contributed by atoms with van der Waals surface area (Å²) in [6, 6.07) is 5.15. The van der Waals surface area contributed by atoms with Gasteiger partial charge in [0.1, 0.15) is 5.75 Å². The number of aliphatic hydroxyl groups is 1. The van der Waals surface area contributed by atoms with Crippen LogP contribution in [0.3, 0.4) is 0 Å². The van der Waals surface area contributed by atoms with E-state index in [0.29, 0.717) is 6.42 Å². The topological polar surface area (TPSA) is 40.5 Å². The van der Waals surface area contributed by atoms with Gasteiger partial charge < -0.3 is 10.2 Å². The lowest BCUT2D eigenvalue weighted by molar-refractivity contribution is 0.281. The van der Waals surface area contributed by atoms with Crippen LogP contribution in [0.25, 0.3) is 0 Å². The second-order valence-corrected chi connectivity index (χ2v) is 2.60. The number of aliphatic hydroxyl groups excluding tert-OH is 1. The van der Waals surface area contributed by atoms with Crippen molar-refractivity contribution < 1.29 is 10.2 Å². The van der Waals surface area contributed by atoms with Crippen LogP contribution in [0.5, 0.6) is 5.75 Å². The summed E-state index contributed by atoms with van der Waals surface area (Å²) in [5.41, 5.74) is 1.69. The number of allylic oxidation sites excluding steroid dienone is 1. The van der Waals surface area contributed by atoms with E-state index in [4.69, 9.17) is 1.43 Å². The molecule has 0 aliphatic rings. The van der Waals surface area contributed by atoms with Crippen molar-refractivity contribution in [3.63, 3.8) is 0 Å². The Balaban J connectivity index is 2.89. The van der Waals surface area contributed by atoms with Crippen molar-refractivity contribution in [2.45, 2.75) is 13.0 Å². The SMILES string of the molecule is [3H]OCc1ccc(O)c(CC=C)c1. The van der Waals surface area contributed by atoms with Gasteiger partial charge in [-0.15, -0.1) is 6.58 Å². The van der Waals surface area contributed by atoms with Gasteiger partial charge in [-0.3, -0.25) is 0 Å². The zero-order valence-electron chi connectivity index (χ0n) is 7.79. The van der Waals surface area contributed by atoms with Crippen LogP contribution < -0.4 is 0 Å². The van der Waals surface area contributed by atoms with Gasteiger partial charge in [0.15, 0.2) is 0 Å². The molecule has 0 bridgehead atoms. The van der Waals surface area contributed by atoms with Crippen LogP contribution in [0.4, 0.5) is 0 Å². The first kappa shape index (κ1) is 7.37. The number of benzene rings is 1. The molecule has 2 N–H and O–H groups in total. The first-order valence-corrected chi connectivity index (χ1v) is 3.77. The largest absolute Gasteiger partial charge is 0.508 e. The van der Waals surface area contributed by atoms with Gasteiger partial charge in [0.2, 0.25) is 1.43 Å². The van der Waals surface area contributed by atoms with E-state index < -0.39 is 0 Å². The Hall–Kier alpha value is -1.28. The van der Waals surface area contributed by atoms with Crippen LogP contribution in [0, 0.1) is 0 Å². The number of phenols is 1. The molecular weight excluding hydrogens is 152 g/mol. The van der Waals surface area contributed by atoms with Crippen LogP contribution in [0.2, 0.25) is 0 Å². The van der Waals surface area contributed by atoms with Crippen molar-refractivity contribution in [2.75, 3.05) is 0 Å². The van der Waals surface area contributed by atoms with E-state index in [9.17, 15) is 5.11 Å². The monoisotopic (exact) mass is 166 g/mol. The summed E-state index contributed by atoms with van der Waals surface area (Å²) < 4.78 is 6.58. The Kier molecular flexibility index (Phi) is 2.41. The molecule has 64 valence electrons. The summed E-state index contributed by atoms with van der Waals surface area (Å²) in [6.07, 6.45) is 2.35. The second-order valence-electron chi connectivity index (χ2n) is 2.60. The molecule has 0 atom stereocenters. The fraction of sp³-hybridized carbons (Fsp3) is 0.200. The first-order chi connectivity index (χ1) is 6.27. The minimum atomic E-state index is 0.240. The highest BCUT2D eigenvalue weighted by Gasteiger charge is 1.99. The third-order valence-electron chi connectivity index (χ3n) is 1.67. The third-order valence-corrected chi connectivity index (χ3v) is 1.67. The van der Waals surface area contributed by atoms with Crippen LogP contribution >= 0.6 is 0 Å². The summed E-state index contributed by atoms with van der Waals surface area (Å²) in [5, 5.41) is 13.6. The van der Waals surface area contributed by atoms with Crippen molar-refractivity contribution in [3.05, 3.63) is 42.0 Å². The molecule has 0 aliphatic heterocycles. The molecule has 0 unspecified atom stereocenters. The Morgan fingerprint density at radius 2 is 2.42 bits per heavy atom. The van der Waals surface area contributed by atoms with E-state index in [2.05, 4.69) is 11.7 Å². The molecule has 0 saturated heterocycles. The molecule has 0 aromatic heterocycles. The molecule has 1 aromatic carbocycles. The second kappa shape index (κ2) is 3.93. The summed E-state index contributed by atoms with van der Waals surface area (Å²) in [7, 11) is 0. The minimum absolute atomic E-state index is 0.240. The maximum Gasteiger partial charge on any atom is 0.211 e. The van der Waals surface area contributed by atoms with Crippen molar-refractivity contribution in [1.82, 2.24) is 0 Å². The van der Waals surface area contributed by atoms with Crippen LogP contribution in [-0.4, -0.2) is 11.6 Å². The van der Waals surface area contributed by atoms with Gasteiger partial charge in [-0.1, -0.05) is 12.1 Å². The maximum absolute atomic E-state index is 9.40. The van der Waals surface area contributed by atoms with Gasteiger partial charge in [-0.2, -0.15) is 0 Å². The van der Waals surface area contributed by atoms with Crippen LogP contribution in [0.15, 0.2) is 30.9 Å². The lowest BCUT2D eigenvalue weighted by atomic mass is 10.1. The molecule has 0 amide bonds. The highest BCUT2D eigenvalue weighted by Crippen LogP contribution is 2.19. The fourth-order valence-electron chi connectivity index (χ4n) is 1.05. The molecule has 0 fully saturated rings. The van der Waals surface area contributed by atoms with Gasteiger partial charge in [0.05, 0.1) is 6.61 Å².